The minimum Gasteiger partial charge on any atom is -0.493 e. The second kappa shape index (κ2) is 8.54. The lowest BCUT2D eigenvalue weighted by Crippen LogP contribution is -2.22. The van der Waals surface area contributed by atoms with E-state index in [0.717, 1.165) is 41.8 Å². The van der Waals surface area contributed by atoms with E-state index in [9.17, 15) is 0 Å². The molecule has 6 nitrogen and oxygen atoms in total. The van der Waals surface area contributed by atoms with E-state index in [1.54, 1.807) is 6.20 Å². The van der Waals surface area contributed by atoms with E-state index in [-0.39, 0.29) is 6.04 Å². The van der Waals surface area contributed by atoms with Gasteiger partial charge in [-0.3, -0.25) is 0 Å². The molecule has 0 bridgehead atoms. The fraction of sp³-hybridized carbons (Fsp3) is 0.391. The first kappa shape index (κ1) is 19.3. The Kier molecular flexibility index (Phi) is 5.68. The Morgan fingerprint density at radius 1 is 1.31 bits per heavy atom. The lowest BCUT2D eigenvalue weighted by molar-refractivity contribution is 0.293. The zero-order valence-electron chi connectivity index (χ0n) is 16.8. The van der Waals surface area contributed by atoms with Crippen LogP contribution in [0, 0.1) is 23.7 Å². The Hall–Kier alpha value is -3.04. The van der Waals surface area contributed by atoms with Crippen molar-refractivity contribution in [2.75, 3.05) is 13.2 Å². The van der Waals surface area contributed by atoms with Crippen molar-refractivity contribution in [3.05, 3.63) is 65.6 Å². The van der Waals surface area contributed by atoms with Gasteiger partial charge in [-0.2, -0.15) is 0 Å². The molecule has 1 saturated carbocycles. The van der Waals surface area contributed by atoms with Crippen molar-refractivity contribution in [3.8, 4) is 17.6 Å². The molecule has 150 valence electrons. The Balaban J connectivity index is 1.42. The minimum absolute atomic E-state index is 0.114. The molecule has 1 aliphatic carbocycles. The van der Waals surface area contributed by atoms with E-state index >= 15 is 0 Å². The standard InChI is InChI=1S/C23H26N4O2/c1-3-23-25-10-11-27(23)22(14-24)21-13-20(29-26-21)9-6-17-4-7-19(8-5-17)28-15-18-12-16(18)2/h4-5,7-8,10-11,13,16,18,22H,3,12,14-15,24H2,1-2H3. The number of hydrogen-bond acceptors (Lipinski definition) is 5. The average Bonchev–Trinajstić information content (AvgIpc) is 3.13. The third-order valence-corrected chi connectivity index (χ3v) is 5.42. The lowest BCUT2D eigenvalue weighted by Gasteiger charge is -2.15. The molecule has 0 radical (unpaired) electrons. The molecule has 3 unspecified atom stereocenters. The van der Waals surface area contributed by atoms with Crippen LogP contribution in [0.2, 0.25) is 0 Å². The Morgan fingerprint density at radius 3 is 2.79 bits per heavy atom. The quantitative estimate of drug-likeness (QED) is 0.626. The van der Waals surface area contributed by atoms with Gasteiger partial charge in [-0.05, 0) is 48.4 Å². The molecule has 1 aliphatic rings. The number of ether oxygens (including phenoxy) is 1. The molecular formula is C23H26N4O2. The van der Waals surface area contributed by atoms with Gasteiger partial charge in [0.25, 0.3) is 0 Å². The van der Waals surface area contributed by atoms with Gasteiger partial charge in [-0.15, -0.1) is 0 Å². The summed E-state index contributed by atoms with van der Waals surface area (Å²) in [5, 5.41) is 4.17. The SMILES string of the molecule is CCc1nccn1C(CN)c1cc(C#Cc2ccc(OCC3CC3C)cc2)on1. The first-order valence-corrected chi connectivity index (χ1v) is 10.1. The molecule has 29 heavy (non-hydrogen) atoms. The van der Waals surface area contributed by atoms with E-state index in [1.165, 1.54) is 6.42 Å². The minimum atomic E-state index is -0.114. The topological polar surface area (TPSA) is 79.1 Å². The van der Waals surface area contributed by atoms with Crippen LogP contribution in [0.15, 0.2) is 47.2 Å². The van der Waals surface area contributed by atoms with Gasteiger partial charge in [-0.1, -0.05) is 24.9 Å². The number of imidazole rings is 1. The van der Waals surface area contributed by atoms with Gasteiger partial charge in [-0.25, -0.2) is 4.98 Å². The van der Waals surface area contributed by atoms with Crippen molar-refractivity contribution in [1.82, 2.24) is 14.7 Å². The summed E-state index contributed by atoms with van der Waals surface area (Å²) in [6.45, 7) is 5.53. The van der Waals surface area contributed by atoms with Crippen LogP contribution < -0.4 is 10.5 Å². The summed E-state index contributed by atoms with van der Waals surface area (Å²) in [5.74, 6) is 10.0. The van der Waals surface area contributed by atoms with Crippen LogP contribution >= 0.6 is 0 Å². The van der Waals surface area contributed by atoms with Gasteiger partial charge in [0.2, 0.25) is 5.76 Å². The van der Waals surface area contributed by atoms with Crippen LogP contribution in [0.4, 0.5) is 0 Å². The van der Waals surface area contributed by atoms with Crippen LogP contribution in [0.1, 0.15) is 49.2 Å². The molecule has 1 fully saturated rings. The molecule has 4 rings (SSSR count). The predicted molar refractivity (Wildman–Crippen MR) is 110 cm³/mol. The zero-order valence-corrected chi connectivity index (χ0v) is 16.8. The van der Waals surface area contributed by atoms with Crippen molar-refractivity contribution in [1.29, 1.82) is 0 Å². The van der Waals surface area contributed by atoms with Crippen LogP contribution in [-0.2, 0) is 6.42 Å². The van der Waals surface area contributed by atoms with Crippen LogP contribution in [0.5, 0.6) is 5.75 Å². The number of nitrogens with zero attached hydrogens (tertiary/aromatic N) is 3. The number of rotatable bonds is 7. The number of hydrogen-bond donors (Lipinski definition) is 1. The number of aromatic nitrogens is 3. The van der Waals surface area contributed by atoms with Crippen molar-refractivity contribution in [2.45, 2.75) is 32.7 Å². The maximum Gasteiger partial charge on any atom is 0.210 e. The second-order valence-corrected chi connectivity index (χ2v) is 7.53. The molecule has 3 aromatic rings. The average molecular weight is 390 g/mol. The van der Waals surface area contributed by atoms with Gasteiger partial charge in [0.1, 0.15) is 17.3 Å². The van der Waals surface area contributed by atoms with Gasteiger partial charge < -0.3 is 19.6 Å². The fourth-order valence-corrected chi connectivity index (χ4v) is 3.39. The third-order valence-electron chi connectivity index (χ3n) is 5.42. The fourth-order valence-electron chi connectivity index (χ4n) is 3.39. The molecule has 2 heterocycles. The van der Waals surface area contributed by atoms with Gasteiger partial charge in [0, 0.05) is 37.0 Å². The molecule has 2 N–H and O–H groups in total. The van der Waals surface area contributed by atoms with Crippen LogP contribution in [0.3, 0.4) is 0 Å². The molecular weight excluding hydrogens is 364 g/mol. The Morgan fingerprint density at radius 2 is 2.10 bits per heavy atom. The highest BCUT2D eigenvalue weighted by Crippen LogP contribution is 2.37. The van der Waals surface area contributed by atoms with Crippen molar-refractivity contribution in [3.63, 3.8) is 0 Å². The lowest BCUT2D eigenvalue weighted by atomic mass is 10.2. The van der Waals surface area contributed by atoms with E-state index in [1.807, 2.05) is 41.1 Å². The van der Waals surface area contributed by atoms with Gasteiger partial charge in [0.15, 0.2) is 0 Å². The number of benzene rings is 1. The summed E-state index contributed by atoms with van der Waals surface area (Å²) in [5.41, 5.74) is 7.63. The summed E-state index contributed by atoms with van der Waals surface area (Å²) in [4.78, 5) is 4.36. The van der Waals surface area contributed by atoms with E-state index in [2.05, 4.69) is 35.8 Å². The molecule has 0 amide bonds. The van der Waals surface area contributed by atoms with Gasteiger partial charge >= 0.3 is 0 Å². The molecule has 2 aromatic heterocycles. The van der Waals surface area contributed by atoms with E-state index in [0.29, 0.717) is 18.2 Å². The van der Waals surface area contributed by atoms with Crippen molar-refractivity contribution < 1.29 is 9.26 Å². The highest BCUT2D eigenvalue weighted by Gasteiger charge is 2.32. The molecule has 3 atom stereocenters. The summed E-state index contributed by atoms with van der Waals surface area (Å²) >= 11 is 0. The van der Waals surface area contributed by atoms with Gasteiger partial charge in [0.05, 0.1) is 12.6 Å². The largest absolute Gasteiger partial charge is 0.493 e. The first-order valence-electron chi connectivity index (χ1n) is 10.1. The van der Waals surface area contributed by atoms with Crippen LogP contribution in [-0.4, -0.2) is 27.9 Å². The smallest absolute Gasteiger partial charge is 0.210 e. The van der Waals surface area contributed by atoms with Crippen LogP contribution in [0.25, 0.3) is 0 Å². The maximum absolute atomic E-state index is 5.98. The Bertz CT molecular complexity index is 1010. The summed E-state index contributed by atoms with van der Waals surface area (Å²) in [7, 11) is 0. The highest BCUT2D eigenvalue weighted by atomic mass is 16.5. The second-order valence-electron chi connectivity index (χ2n) is 7.53. The maximum atomic E-state index is 5.98. The van der Waals surface area contributed by atoms with E-state index < -0.39 is 0 Å². The Labute approximate surface area is 171 Å². The van der Waals surface area contributed by atoms with E-state index in [4.69, 9.17) is 15.0 Å². The predicted octanol–water partition coefficient (Wildman–Crippen LogP) is 3.42. The summed E-state index contributed by atoms with van der Waals surface area (Å²) in [6.07, 6.45) is 5.80. The molecule has 6 heteroatoms. The normalized spacial score (nSPS) is 18.7. The monoisotopic (exact) mass is 390 g/mol. The summed E-state index contributed by atoms with van der Waals surface area (Å²) < 4.78 is 13.3. The third kappa shape index (κ3) is 4.52. The molecule has 1 aromatic carbocycles. The summed E-state index contributed by atoms with van der Waals surface area (Å²) in [6, 6.07) is 9.56. The zero-order chi connectivity index (χ0) is 20.2. The highest BCUT2D eigenvalue weighted by molar-refractivity contribution is 5.42. The molecule has 0 saturated heterocycles. The molecule has 0 spiro atoms. The van der Waals surface area contributed by atoms with Crippen molar-refractivity contribution >= 4 is 0 Å². The van der Waals surface area contributed by atoms with Crippen molar-refractivity contribution in [2.24, 2.45) is 17.6 Å². The number of nitrogens with two attached hydrogens (primary N) is 1. The molecule has 0 aliphatic heterocycles. The first-order chi connectivity index (χ1) is 14.2. The number of aryl methyl sites for hydroxylation is 1.